The molecule has 0 amide bonds. The lowest BCUT2D eigenvalue weighted by molar-refractivity contribution is -0.355. The first-order valence-electron chi connectivity index (χ1n) is 9.89. The molecule has 14 nitrogen and oxygen atoms in total. The Labute approximate surface area is 176 Å². The van der Waals surface area contributed by atoms with Crippen molar-refractivity contribution in [3.63, 3.8) is 0 Å². The first-order chi connectivity index (χ1) is 14.6. The maximum absolute atomic E-state index is 12.1. The third-order valence-corrected chi connectivity index (χ3v) is 5.63. The van der Waals surface area contributed by atoms with Crippen LogP contribution in [-0.4, -0.2) is 140 Å². The zero-order valence-corrected chi connectivity index (χ0v) is 16.4. The van der Waals surface area contributed by atoms with E-state index in [2.05, 4.69) is 5.32 Å². The van der Waals surface area contributed by atoms with Gasteiger partial charge in [-0.25, -0.2) is 0 Å². The fraction of sp³-hybridized carbons (Fsp3) is 0.941. The van der Waals surface area contributed by atoms with Gasteiger partial charge in [0.25, 0.3) is 0 Å². The van der Waals surface area contributed by atoms with Gasteiger partial charge in [-0.05, 0) is 13.0 Å². The lowest BCUT2D eigenvalue weighted by atomic mass is 9.97. The number of ether oxygens (including phenoxy) is 4. The van der Waals surface area contributed by atoms with E-state index < -0.39 is 92.7 Å². The van der Waals surface area contributed by atoms with Gasteiger partial charge >= 0.3 is 5.97 Å². The summed E-state index contributed by atoms with van der Waals surface area (Å²) >= 11 is 0. The maximum atomic E-state index is 12.1. The quantitative estimate of drug-likeness (QED) is 0.170. The maximum Gasteiger partial charge on any atom is 0.325 e. The van der Waals surface area contributed by atoms with E-state index in [0.29, 0.717) is 13.0 Å². The van der Waals surface area contributed by atoms with Crippen LogP contribution in [0.15, 0.2) is 0 Å². The molecule has 14 heteroatoms. The topological polar surface area (TPSA) is 228 Å². The molecule has 0 spiro atoms. The molecule has 9 N–H and O–H groups in total. The summed E-state index contributed by atoms with van der Waals surface area (Å²) in [5.41, 5.74) is 0. The average Bonchev–Trinajstić information content (AvgIpc) is 3.18. The number of hydrogen-bond donors (Lipinski definition) is 9. The molecule has 0 aliphatic carbocycles. The zero-order valence-electron chi connectivity index (χ0n) is 16.4. The first-order valence-corrected chi connectivity index (χ1v) is 9.89. The Morgan fingerprint density at radius 1 is 0.903 bits per heavy atom. The SMILES string of the molecule is O=C(OC[C@H]1O[C@@H](O[C@H]2[C@H](O)[C@@H](O)[C@@H](O)O[C@@H]2CO)[C@H](O)[C@@H](O)[C@H]1O)[C@H]1NCCC1O. The zero-order chi connectivity index (χ0) is 22.9. The van der Waals surface area contributed by atoms with E-state index in [-0.39, 0.29) is 0 Å². The number of carbonyl (C=O) groups is 1. The molecule has 0 aromatic carbocycles. The van der Waals surface area contributed by atoms with Crippen LogP contribution in [0.3, 0.4) is 0 Å². The third kappa shape index (κ3) is 5.16. The standard InChI is InChI=1S/C17H29NO13/c19-3-6-14(11(23)12(24)16(27)29-6)31-17-13(25)10(22)9(21)7(30-17)4-28-15(26)8-5(20)1-2-18-8/h5-14,16-25,27H,1-4H2/t5?,6-,7-,8+,9+,10+,11-,12-,13-,14-,16+,17+/m1/s1. The highest BCUT2D eigenvalue weighted by Gasteiger charge is 2.50. The largest absolute Gasteiger partial charge is 0.462 e. The van der Waals surface area contributed by atoms with Gasteiger partial charge in [-0.1, -0.05) is 0 Å². The molecule has 0 radical (unpaired) electrons. The lowest BCUT2D eigenvalue weighted by Crippen LogP contribution is -2.64. The minimum Gasteiger partial charge on any atom is -0.462 e. The Morgan fingerprint density at radius 3 is 2.23 bits per heavy atom. The fourth-order valence-corrected chi connectivity index (χ4v) is 3.74. The minimum absolute atomic E-state index is 0.363. The second kappa shape index (κ2) is 10.3. The van der Waals surface area contributed by atoms with Gasteiger partial charge in [0.2, 0.25) is 0 Å². The van der Waals surface area contributed by atoms with Gasteiger partial charge in [0.1, 0.15) is 61.5 Å². The second-order valence-electron chi connectivity index (χ2n) is 7.76. The number of aliphatic hydroxyl groups excluding tert-OH is 8. The van der Waals surface area contributed by atoms with Crippen molar-refractivity contribution in [2.75, 3.05) is 19.8 Å². The number of hydrogen-bond acceptors (Lipinski definition) is 14. The van der Waals surface area contributed by atoms with E-state index in [1.54, 1.807) is 0 Å². The van der Waals surface area contributed by atoms with Crippen molar-refractivity contribution >= 4 is 5.97 Å². The highest BCUT2D eigenvalue weighted by atomic mass is 16.7. The van der Waals surface area contributed by atoms with Gasteiger partial charge in [-0.2, -0.15) is 0 Å². The molecular formula is C17H29NO13. The molecule has 3 rings (SSSR count). The molecule has 0 saturated carbocycles. The molecule has 31 heavy (non-hydrogen) atoms. The Balaban J connectivity index is 1.64. The summed E-state index contributed by atoms with van der Waals surface area (Å²) in [4.78, 5) is 12.1. The molecule has 3 heterocycles. The molecular weight excluding hydrogens is 426 g/mol. The smallest absolute Gasteiger partial charge is 0.325 e. The predicted molar refractivity (Wildman–Crippen MR) is 94.9 cm³/mol. The molecule has 1 unspecified atom stereocenters. The van der Waals surface area contributed by atoms with Crippen molar-refractivity contribution in [2.45, 2.75) is 80.0 Å². The molecule has 0 aromatic rings. The monoisotopic (exact) mass is 455 g/mol. The van der Waals surface area contributed by atoms with Crippen LogP contribution in [0.1, 0.15) is 6.42 Å². The average molecular weight is 455 g/mol. The summed E-state index contributed by atoms with van der Waals surface area (Å²) in [6, 6.07) is -0.948. The van der Waals surface area contributed by atoms with Crippen LogP contribution in [0.2, 0.25) is 0 Å². The van der Waals surface area contributed by atoms with Crippen LogP contribution in [0, 0.1) is 0 Å². The molecule has 3 fully saturated rings. The first kappa shape index (κ1) is 24.6. The van der Waals surface area contributed by atoms with Crippen LogP contribution >= 0.6 is 0 Å². The molecule has 3 saturated heterocycles. The van der Waals surface area contributed by atoms with E-state index >= 15 is 0 Å². The van der Waals surface area contributed by atoms with Crippen LogP contribution < -0.4 is 5.32 Å². The third-order valence-electron chi connectivity index (χ3n) is 5.63. The Bertz CT molecular complexity index is 609. The van der Waals surface area contributed by atoms with Gasteiger partial charge in [-0.15, -0.1) is 0 Å². The number of esters is 1. The summed E-state index contributed by atoms with van der Waals surface area (Å²) in [5.74, 6) is -0.799. The minimum atomic E-state index is -1.81. The molecule has 0 aromatic heterocycles. The molecule has 0 bridgehead atoms. The Hall–Kier alpha value is -1.01. The van der Waals surface area contributed by atoms with Gasteiger partial charge < -0.3 is 65.1 Å². The van der Waals surface area contributed by atoms with Crippen molar-refractivity contribution in [1.82, 2.24) is 5.32 Å². The van der Waals surface area contributed by atoms with Gasteiger partial charge in [0, 0.05) is 0 Å². The normalized spacial score (nSPS) is 48.5. The van der Waals surface area contributed by atoms with Gasteiger partial charge in [0.05, 0.1) is 12.7 Å². The second-order valence-corrected chi connectivity index (χ2v) is 7.76. The summed E-state index contributed by atoms with van der Waals surface area (Å²) < 4.78 is 20.8. The van der Waals surface area contributed by atoms with Crippen molar-refractivity contribution < 1.29 is 64.6 Å². The Kier molecular flexibility index (Phi) is 8.17. The molecule has 3 aliphatic rings. The Morgan fingerprint density at radius 2 is 1.61 bits per heavy atom. The summed E-state index contributed by atoms with van der Waals surface area (Å²) in [6.07, 6.45) is -17.0. The van der Waals surface area contributed by atoms with Gasteiger partial charge in [0.15, 0.2) is 12.6 Å². The number of nitrogens with one attached hydrogen (secondary N) is 1. The molecule has 12 atom stereocenters. The number of carbonyl (C=O) groups excluding carboxylic acids is 1. The molecule has 180 valence electrons. The van der Waals surface area contributed by atoms with E-state index in [9.17, 15) is 45.6 Å². The summed E-state index contributed by atoms with van der Waals surface area (Å²) in [7, 11) is 0. The van der Waals surface area contributed by atoms with E-state index in [0.717, 1.165) is 0 Å². The van der Waals surface area contributed by atoms with Crippen molar-refractivity contribution in [2.24, 2.45) is 0 Å². The highest BCUT2D eigenvalue weighted by molar-refractivity contribution is 5.77. The van der Waals surface area contributed by atoms with Crippen molar-refractivity contribution in [3.8, 4) is 0 Å². The number of rotatable bonds is 6. The van der Waals surface area contributed by atoms with Crippen LogP contribution in [0.4, 0.5) is 0 Å². The van der Waals surface area contributed by atoms with Crippen molar-refractivity contribution in [3.05, 3.63) is 0 Å². The summed E-state index contributed by atoms with van der Waals surface area (Å²) in [5, 5.41) is 81.9. The number of aliphatic hydroxyl groups is 8. The molecule has 3 aliphatic heterocycles. The fourth-order valence-electron chi connectivity index (χ4n) is 3.74. The van der Waals surface area contributed by atoms with Crippen LogP contribution in [-0.2, 0) is 23.7 Å². The lowest BCUT2D eigenvalue weighted by Gasteiger charge is -2.45. The van der Waals surface area contributed by atoms with E-state index in [1.807, 2.05) is 0 Å². The summed E-state index contributed by atoms with van der Waals surface area (Å²) in [6.45, 7) is -0.858. The van der Waals surface area contributed by atoms with Crippen LogP contribution in [0.25, 0.3) is 0 Å². The van der Waals surface area contributed by atoms with E-state index in [4.69, 9.17) is 18.9 Å². The van der Waals surface area contributed by atoms with Crippen molar-refractivity contribution in [1.29, 1.82) is 0 Å². The van der Waals surface area contributed by atoms with Crippen LogP contribution in [0.5, 0.6) is 0 Å². The van der Waals surface area contributed by atoms with Gasteiger partial charge in [-0.3, -0.25) is 4.79 Å². The highest BCUT2D eigenvalue weighted by Crippen LogP contribution is 2.28. The predicted octanol–water partition coefficient (Wildman–Crippen LogP) is -6.12. The van der Waals surface area contributed by atoms with E-state index in [1.165, 1.54) is 0 Å².